The number of fused-ring (bicyclic) bond motifs is 4. The van der Waals surface area contributed by atoms with Gasteiger partial charge in [0.1, 0.15) is 5.78 Å². The second-order valence-corrected chi connectivity index (χ2v) is 7.98. The second-order valence-electron chi connectivity index (χ2n) is 7.98. The number of pyridine rings is 1. The molecular weight excluding hydrogens is 338 g/mol. The number of nitrogens with zero attached hydrogens (tertiary/aromatic N) is 1. The van der Waals surface area contributed by atoms with Gasteiger partial charge in [-0.2, -0.15) is 0 Å². The Morgan fingerprint density at radius 2 is 1.63 bits per heavy atom. The summed E-state index contributed by atoms with van der Waals surface area (Å²) < 4.78 is 1.54. The molecule has 2 atom stereocenters. The number of ketones is 1. The Bertz CT molecular complexity index is 1150. The van der Waals surface area contributed by atoms with Crippen LogP contribution in [0.4, 0.5) is 0 Å². The first kappa shape index (κ1) is 16.5. The maximum absolute atomic E-state index is 13.4. The van der Waals surface area contributed by atoms with E-state index in [4.69, 9.17) is 0 Å². The SMILES string of the molecule is C[C@@]12Cc3c(-c4ccccc4)c4ccccc4c(=O)n3[C@]1(O)CCCC2=O. The van der Waals surface area contributed by atoms with E-state index in [0.717, 1.165) is 22.2 Å². The maximum Gasteiger partial charge on any atom is 0.261 e. The minimum Gasteiger partial charge on any atom is -0.369 e. The van der Waals surface area contributed by atoms with Gasteiger partial charge in [-0.25, -0.2) is 0 Å². The molecule has 0 amide bonds. The van der Waals surface area contributed by atoms with Crippen molar-refractivity contribution in [2.75, 3.05) is 0 Å². The van der Waals surface area contributed by atoms with Crippen LogP contribution in [-0.2, 0) is 16.9 Å². The number of rotatable bonds is 1. The van der Waals surface area contributed by atoms with Crippen LogP contribution in [0.1, 0.15) is 31.9 Å². The van der Waals surface area contributed by atoms with Gasteiger partial charge >= 0.3 is 0 Å². The Kier molecular flexibility index (Phi) is 3.29. The number of hydrogen-bond donors (Lipinski definition) is 1. The maximum atomic E-state index is 13.4. The molecule has 0 unspecified atom stereocenters. The molecule has 0 bridgehead atoms. The first-order valence-electron chi connectivity index (χ1n) is 9.45. The second kappa shape index (κ2) is 5.40. The van der Waals surface area contributed by atoms with E-state index >= 15 is 0 Å². The summed E-state index contributed by atoms with van der Waals surface area (Å²) in [6.07, 6.45) is 1.87. The van der Waals surface area contributed by atoms with Crippen LogP contribution >= 0.6 is 0 Å². The normalized spacial score (nSPS) is 26.8. The number of Topliss-reactive ketones (excluding diaryl/α,β-unsaturated/α-hetero) is 1. The molecule has 4 heteroatoms. The van der Waals surface area contributed by atoms with Crippen molar-refractivity contribution in [1.82, 2.24) is 4.57 Å². The molecule has 1 aliphatic carbocycles. The molecule has 27 heavy (non-hydrogen) atoms. The highest BCUT2D eigenvalue weighted by Gasteiger charge is 2.60. The van der Waals surface area contributed by atoms with Gasteiger partial charge in [0.05, 0.1) is 5.41 Å². The fourth-order valence-corrected chi connectivity index (χ4v) is 5.09. The first-order chi connectivity index (χ1) is 13.0. The van der Waals surface area contributed by atoms with Gasteiger partial charge < -0.3 is 5.11 Å². The molecule has 4 nitrogen and oxygen atoms in total. The van der Waals surface area contributed by atoms with Crippen molar-refractivity contribution in [1.29, 1.82) is 0 Å². The fraction of sp³-hybridized carbons (Fsp3) is 0.304. The summed E-state index contributed by atoms with van der Waals surface area (Å²) in [5.74, 6) is 0.0439. The molecule has 2 heterocycles. The molecule has 1 fully saturated rings. The molecule has 1 aromatic heterocycles. The van der Waals surface area contributed by atoms with Crippen LogP contribution in [0.2, 0.25) is 0 Å². The smallest absolute Gasteiger partial charge is 0.261 e. The largest absolute Gasteiger partial charge is 0.369 e. The van der Waals surface area contributed by atoms with Crippen LogP contribution in [0.5, 0.6) is 0 Å². The van der Waals surface area contributed by atoms with E-state index in [1.165, 1.54) is 4.57 Å². The van der Waals surface area contributed by atoms with E-state index in [-0.39, 0.29) is 11.3 Å². The Morgan fingerprint density at radius 1 is 0.963 bits per heavy atom. The number of carbonyl (C=O) groups excluding carboxylic acids is 1. The minimum absolute atomic E-state index is 0.0439. The van der Waals surface area contributed by atoms with Crippen LogP contribution in [0, 0.1) is 5.41 Å². The molecule has 136 valence electrons. The van der Waals surface area contributed by atoms with Crippen LogP contribution in [-0.4, -0.2) is 15.5 Å². The van der Waals surface area contributed by atoms with Gasteiger partial charge in [-0.3, -0.25) is 14.2 Å². The van der Waals surface area contributed by atoms with E-state index in [1.807, 2.05) is 55.5 Å². The predicted octanol–water partition coefficient (Wildman–Crippen LogP) is 3.63. The zero-order valence-corrected chi connectivity index (χ0v) is 15.2. The Labute approximate surface area is 157 Å². The highest BCUT2D eigenvalue weighted by molar-refractivity contribution is 5.98. The zero-order valence-electron chi connectivity index (χ0n) is 15.2. The fourth-order valence-electron chi connectivity index (χ4n) is 5.09. The van der Waals surface area contributed by atoms with E-state index in [1.54, 1.807) is 6.07 Å². The summed E-state index contributed by atoms with van der Waals surface area (Å²) in [4.78, 5) is 26.3. The Balaban J connectivity index is 1.96. The molecule has 1 aliphatic heterocycles. The number of aromatic nitrogens is 1. The number of benzene rings is 2. The summed E-state index contributed by atoms with van der Waals surface area (Å²) >= 11 is 0. The third kappa shape index (κ3) is 1.96. The lowest BCUT2D eigenvalue weighted by molar-refractivity contribution is -0.171. The molecule has 0 radical (unpaired) electrons. The highest BCUT2D eigenvalue weighted by Crippen LogP contribution is 2.53. The van der Waals surface area contributed by atoms with Gasteiger partial charge in [0.15, 0.2) is 5.72 Å². The van der Waals surface area contributed by atoms with Crippen molar-refractivity contribution >= 4 is 16.6 Å². The average molecular weight is 359 g/mol. The number of carbonyl (C=O) groups is 1. The van der Waals surface area contributed by atoms with Gasteiger partial charge in [0.25, 0.3) is 5.56 Å². The molecular formula is C23H21NO3. The zero-order chi connectivity index (χ0) is 18.8. The standard InChI is InChI=1S/C23H21NO3/c1-22-14-18-20(15-8-3-2-4-9-15)16-10-5-6-11-17(16)21(26)24(18)23(22,27)13-7-12-19(22)25/h2-6,8-11,27H,7,12-14H2,1H3/t22-,23-/m0/s1. The lowest BCUT2D eigenvalue weighted by Gasteiger charge is -2.42. The van der Waals surface area contributed by atoms with Crippen molar-refractivity contribution < 1.29 is 9.90 Å². The van der Waals surface area contributed by atoms with Crippen LogP contribution in [0.25, 0.3) is 21.9 Å². The van der Waals surface area contributed by atoms with E-state index in [0.29, 0.717) is 31.1 Å². The topological polar surface area (TPSA) is 59.3 Å². The monoisotopic (exact) mass is 359 g/mol. The van der Waals surface area contributed by atoms with Crippen LogP contribution in [0.3, 0.4) is 0 Å². The molecule has 0 saturated heterocycles. The highest BCUT2D eigenvalue weighted by atomic mass is 16.3. The molecule has 2 aromatic carbocycles. The third-order valence-electron chi connectivity index (χ3n) is 6.57. The summed E-state index contributed by atoms with van der Waals surface area (Å²) in [5, 5.41) is 13.1. The van der Waals surface area contributed by atoms with Crippen molar-refractivity contribution in [2.45, 2.75) is 38.3 Å². The lowest BCUT2D eigenvalue weighted by atomic mass is 9.67. The Hall–Kier alpha value is -2.72. The third-order valence-corrected chi connectivity index (χ3v) is 6.57. The van der Waals surface area contributed by atoms with Crippen molar-refractivity contribution in [3.63, 3.8) is 0 Å². The summed E-state index contributed by atoms with van der Waals surface area (Å²) in [6.45, 7) is 1.82. The Morgan fingerprint density at radius 3 is 2.37 bits per heavy atom. The quantitative estimate of drug-likeness (QED) is 0.722. The van der Waals surface area contributed by atoms with Crippen LogP contribution < -0.4 is 5.56 Å². The molecule has 1 N–H and O–H groups in total. The van der Waals surface area contributed by atoms with E-state index in [9.17, 15) is 14.7 Å². The van der Waals surface area contributed by atoms with Crippen molar-refractivity contribution in [2.24, 2.45) is 5.41 Å². The first-order valence-corrected chi connectivity index (χ1v) is 9.45. The molecule has 5 rings (SSSR count). The molecule has 2 aliphatic rings. The molecule has 0 spiro atoms. The predicted molar refractivity (Wildman–Crippen MR) is 105 cm³/mol. The summed E-state index contributed by atoms with van der Waals surface area (Å²) in [5.41, 5.74) is 0.0884. The van der Waals surface area contributed by atoms with Gasteiger partial charge in [0, 0.05) is 29.5 Å². The van der Waals surface area contributed by atoms with E-state index < -0.39 is 11.1 Å². The minimum atomic E-state index is -1.46. The number of aliphatic hydroxyl groups is 1. The molecule has 1 saturated carbocycles. The van der Waals surface area contributed by atoms with Gasteiger partial charge in [-0.15, -0.1) is 0 Å². The summed E-state index contributed by atoms with van der Waals surface area (Å²) in [7, 11) is 0. The summed E-state index contributed by atoms with van der Waals surface area (Å²) in [6, 6.07) is 17.5. The van der Waals surface area contributed by atoms with E-state index in [2.05, 4.69) is 0 Å². The van der Waals surface area contributed by atoms with Gasteiger partial charge in [-0.1, -0.05) is 48.5 Å². The van der Waals surface area contributed by atoms with Gasteiger partial charge in [-0.05, 0) is 36.8 Å². The number of hydrogen-bond acceptors (Lipinski definition) is 3. The van der Waals surface area contributed by atoms with Crippen LogP contribution in [0.15, 0.2) is 59.4 Å². The molecule has 3 aromatic rings. The average Bonchev–Trinajstić information content (AvgIpc) is 2.92. The van der Waals surface area contributed by atoms with Crippen molar-refractivity contribution in [3.8, 4) is 11.1 Å². The lowest BCUT2D eigenvalue weighted by Crippen LogP contribution is -2.54. The van der Waals surface area contributed by atoms with Crippen molar-refractivity contribution in [3.05, 3.63) is 70.6 Å². The van der Waals surface area contributed by atoms with Gasteiger partial charge in [0.2, 0.25) is 0 Å².